The Balaban J connectivity index is 0.000000310. The molecule has 0 atom stereocenters. The molecule has 0 radical (unpaired) electrons. The maximum Gasteiger partial charge on any atom is 0.0429 e. The zero-order valence-corrected chi connectivity index (χ0v) is 8.88. The Labute approximate surface area is 81.5 Å². The van der Waals surface area contributed by atoms with E-state index in [1.807, 2.05) is 18.3 Å². The fraction of sp³-hybridized carbons (Fsp3) is 0.417. The summed E-state index contributed by atoms with van der Waals surface area (Å²) in [6.07, 6.45) is 5.83. The van der Waals surface area contributed by atoms with Crippen LogP contribution in [0.2, 0.25) is 0 Å². The molecule has 0 amide bonds. The molecular formula is C12H19N. The Morgan fingerprint density at radius 2 is 2.08 bits per heavy atom. The van der Waals surface area contributed by atoms with Crippen molar-refractivity contribution in [1.82, 2.24) is 4.98 Å². The molecule has 1 nitrogen and oxygen atoms in total. The maximum absolute atomic E-state index is 4.20. The van der Waals surface area contributed by atoms with Crippen molar-refractivity contribution in [1.29, 1.82) is 0 Å². The summed E-state index contributed by atoms with van der Waals surface area (Å²) in [7, 11) is 0. The van der Waals surface area contributed by atoms with Gasteiger partial charge >= 0.3 is 0 Å². The second kappa shape index (κ2) is 7.53. The van der Waals surface area contributed by atoms with E-state index in [1.165, 1.54) is 11.3 Å². The summed E-state index contributed by atoms with van der Waals surface area (Å²) in [5.41, 5.74) is 2.50. The Kier molecular flexibility index (Phi) is 6.89. The molecule has 0 N–H and O–H groups in total. The molecule has 0 fully saturated rings. The Hall–Kier alpha value is -1.11. The molecule has 0 unspecified atom stereocenters. The quantitative estimate of drug-likeness (QED) is 0.630. The van der Waals surface area contributed by atoms with E-state index < -0.39 is 0 Å². The molecule has 1 aromatic heterocycles. The van der Waals surface area contributed by atoms with E-state index in [0.717, 1.165) is 12.8 Å². The van der Waals surface area contributed by atoms with Gasteiger partial charge in [-0.05, 0) is 31.4 Å². The van der Waals surface area contributed by atoms with Crippen LogP contribution in [0, 0.1) is 6.92 Å². The second-order valence-corrected chi connectivity index (χ2v) is 2.82. The van der Waals surface area contributed by atoms with Gasteiger partial charge in [-0.25, -0.2) is 0 Å². The third-order valence-electron chi connectivity index (χ3n) is 1.74. The molecule has 0 spiro atoms. The largest absolute Gasteiger partial charge is 0.261 e. The van der Waals surface area contributed by atoms with Gasteiger partial charge in [-0.1, -0.05) is 26.0 Å². The van der Waals surface area contributed by atoms with E-state index in [2.05, 4.69) is 38.4 Å². The molecule has 0 aliphatic rings. The zero-order chi connectivity index (χ0) is 10.1. The number of hydrogen-bond donors (Lipinski definition) is 0. The molecule has 1 heteroatoms. The standard InChI is InChI=1S/C8H11N.C4H8/c1-3-8-7(2)5-4-6-9-8;1-3-4-2/h4-6H,3H2,1-2H3;3H,1,4H2,2H3. The minimum atomic E-state index is 1.03. The Morgan fingerprint density at radius 1 is 1.46 bits per heavy atom. The van der Waals surface area contributed by atoms with Crippen molar-refractivity contribution in [2.75, 3.05) is 0 Å². The first-order chi connectivity index (χ1) is 6.26. The van der Waals surface area contributed by atoms with Crippen LogP contribution in [0.25, 0.3) is 0 Å². The van der Waals surface area contributed by atoms with Crippen LogP contribution in [0.4, 0.5) is 0 Å². The normalized spacial score (nSPS) is 8.54. The fourth-order valence-electron chi connectivity index (χ4n) is 0.889. The van der Waals surface area contributed by atoms with Crippen LogP contribution in [-0.2, 0) is 6.42 Å². The van der Waals surface area contributed by atoms with Crippen LogP contribution in [0.5, 0.6) is 0 Å². The molecule has 1 heterocycles. The third kappa shape index (κ3) is 5.18. The van der Waals surface area contributed by atoms with E-state index in [0.29, 0.717) is 0 Å². The van der Waals surface area contributed by atoms with Gasteiger partial charge in [0.1, 0.15) is 0 Å². The second-order valence-electron chi connectivity index (χ2n) is 2.82. The summed E-state index contributed by atoms with van der Waals surface area (Å²) in [6.45, 7) is 9.75. The molecule has 0 bridgehead atoms. The molecule has 1 rings (SSSR count). The van der Waals surface area contributed by atoms with E-state index in [4.69, 9.17) is 0 Å². The first-order valence-electron chi connectivity index (χ1n) is 4.77. The van der Waals surface area contributed by atoms with E-state index in [1.54, 1.807) is 0 Å². The van der Waals surface area contributed by atoms with Gasteiger partial charge in [0.05, 0.1) is 0 Å². The van der Waals surface area contributed by atoms with Gasteiger partial charge in [-0.2, -0.15) is 0 Å². The van der Waals surface area contributed by atoms with Crippen LogP contribution < -0.4 is 0 Å². The van der Waals surface area contributed by atoms with Crippen molar-refractivity contribution >= 4 is 0 Å². The summed E-state index contributed by atoms with van der Waals surface area (Å²) in [6, 6.07) is 4.06. The highest BCUT2D eigenvalue weighted by atomic mass is 14.7. The summed E-state index contributed by atoms with van der Waals surface area (Å²) in [5.74, 6) is 0. The molecule has 13 heavy (non-hydrogen) atoms. The molecule has 72 valence electrons. The number of hydrogen-bond acceptors (Lipinski definition) is 1. The van der Waals surface area contributed by atoms with Gasteiger partial charge < -0.3 is 0 Å². The average molecular weight is 177 g/mol. The van der Waals surface area contributed by atoms with Crippen molar-refractivity contribution in [2.24, 2.45) is 0 Å². The van der Waals surface area contributed by atoms with Gasteiger partial charge in [0.2, 0.25) is 0 Å². The smallest absolute Gasteiger partial charge is 0.0429 e. The average Bonchev–Trinajstić information content (AvgIpc) is 2.19. The third-order valence-corrected chi connectivity index (χ3v) is 1.74. The molecule has 0 aromatic carbocycles. The summed E-state index contributed by atoms with van der Waals surface area (Å²) < 4.78 is 0. The molecule has 0 saturated carbocycles. The predicted molar refractivity (Wildman–Crippen MR) is 58.8 cm³/mol. The van der Waals surface area contributed by atoms with Crippen molar-refractivity contribution in [3.05, 3.63) is 42.2 Å². The summed E-state index contributed by atoms with van der Waals surface area (Å²) in [5, 5.41) is 0. The molecule has 0 saturated heterocycles. The van der Waals surface area contributed by atoms with E-state index >= 15 is 0 Å². The van der Waals surface area contributed by atoms with Gasteiger partial charge in [-0.15, -0.1) is 6.58 Å². The highest BCUT2D eigenvalue weighted by Crippen LogP contribution is 2.01. The molecular weight excluding hydrogens is 158 g/mol. The van der Waals surface area contributed by atoms with Crippen LogP contribution in [-0.4, -0.2) is 4.98 Å². The number of allylic oxidation sites excluding steroid dienone is 1. The zero-order valence-electron chi connectivity index (χ0n) is 8.88. The van der Waals surface area contributed by atoms with E-state index in [-0.39, 0.29) is 0 Å². The SMILES string of the molecule is C=CCC.CCc1ncccc1C. The lowest BCUT2D eigenvalue weighted by molar-refractivity contribution is 1.01. The number of aromatic nitrogens is 1. The van der Waals surface area contributed by atoms with Crippen molar-refractivity contribution < 1.29 is 0 Å². The summed E-state index contributed by atoms with van der Waals surface area (Å²) in [4.78, 5) is 4.20. The molecule has 0 aliphatic carbocycles. The van der Waals surface area contributed by atoms with E-state index in [9.17, 15) is 0 Å². The topological polar surface area (TPSA) is 12.9 Å². The molecule has 0 aliphatic heterocycles. The van der Waals surface area contributed by atoms with Crippen LogP contribution in [0.3, 0.4) is 0 Å². The number of pyridine rings is 1. The lowest BCUT2D eigenvalue weighted by Crippen LogP contribution is -1.88. The van der Waals surface area contributed by atoms with Gasteiger partial charge in [0.25, 0.3) is 0 Å². The summed E-state index contributed by atoms with van der Waals surface area (Å²) >= 11 is 0. The minimum absolute atomic E-state index is 1.03. The lowest BCUT2D eigenvalue weighted by Gasteiger charge is -1.97. The van der Waals surface area contributed by atoms with Crippen LogP contribution >= 0.6 is 0 Å². The van der Waals surface area contributed by atoms with Gasteiger partial charge in [0, 0.05) is 11.9 Å². The monoisotopic (exact) mass is 177 g/mol. The Morgan fingerprint density at radius 3 is 2.38 bits per heavy atom. The van der Waals surface area contributed by atoms with Gasteiger partial charge in [-0.3, -0.25) is 4.98 Å². The minimum Gasteiger partial charge on any atom is -0.261 e. The van der Waals surface area contributed by atoms with Crippen LogP contribution in [0.15, 0.2) is 31.0 Å². The predicted octanol–water partition coefficient (Wildman–Crippen LogP) is 3.53. The number of rotatable bonds is 2. The molecule has 1 aromatic rings. The Bertz CT molecular complexity index is 241. The number of aryl methyl sites for hydroxylation is 2. The van der Waals surface area contributed by atoms with Crippen molar-refractivity contribution in [3.63, 3.8) is 0 Å². The first kappa shape index (κ1) is 11.9. The number of nitrogens with zero attached hydrogens (tertiary/aromatic N) is 1. The lowest BCUT2D eigenvalue weighted by atomic mass is 10.2. The highest BCUT2D eigenvalue weighted by Gasteiger charge is 1.91. The highest BCUT2D eigenvalue weighted by molar-refractivity contribution is 5.16. The first-order valence-corrected chi connectivity index (χ1v) is 4.77. The maximum atomic E-state index is 4.20. The van der Waals surface area contributed by atoms with Crippen molar-refractivity contribution in [3.8, 4) is 0 Å². The van der Waals surface area contributed by atoms with Crippen molar-refractivity contribution in [2.45, 2.75) is 33.6 Å². The van der Waals surface area contributed by atoms with Gasteiger partial charge in [0.15, 0.2) is 0 Å². The fourth-order valence-corrected chi connectivity index (χ4v) is 0.889. The van der Waals surface area contributed by atoms with Crippen LogP contribution in [0.1, 0.15) is 31.5 Å².